The highest BCUT2D eigenvalue weighted by molar-refractivity contribution is 5.76. The van der Waals surface area contributed by atoms with Gasteiger partial charge in [0.15, 0.2) is 0 Å². The van der Waals surface area contributed by atoms with E-state index < -0.39 is 0 Å². The van der Waals surface area contributed by atoms with Crippen molar-refractivity contribution in [3.05, 3.63) is 35.9 Å². The molecule has 1 aromatic rings. The normalized spacial score (nSPS) is 22.5. The van der Waals surface area contributed by atoms with Crippen LogP contribution in [0.1, 0.15) is 24.3 Å². The first kappa shape index (κ1) is 8.30. The molecule has 1 fully saturated rings. The topological polar surface area (TPSA) is 29.1 Å². The van der Waals surface area contributed by atoms with Gasteiger partial charge in [0.1, 0.15) is 0 Å². The van der Waals surface area contributed by atoms with Gasteiger partial charge in [0.25, 0.3) is 0 Å². The minimum absolute atomic E-state index is 0.187. The van der Waals surface area contributed by atoms with Gasteiger partial charge in [0, 0.05) is 18.9 Å². The van der Waals surface area contributed by atoms with Crippen LogP contribution >= 0.6 is 0 Å². The second-order valence-electron chi connectivity index (χ2n) is 3.45. The molecule has 0 saturated carbocycles. The number of carbonyl (C=O) groups excluding carboxylic acids is 1. The van der Waals surface area contributed by atoms with Gasteiger partial charge in [0.05, 0.1) is 0 Å². The molecule has 13 heavy (non-hydrogen) atoms. The van der Waals surface area contributed by atoms with Crippen LogP contribution in [0.25, 0.3) is 0 Å². The second-order valence-corrected chi connectivity index (χ2v) is 3.45. The Morgan fingerprint density at radius 2 is 2.00 bits per heavy atom. The van der Waals surface area contributed by atoms with Crippen molar-refractivity contribution >= 4 is 5.91 Å². The summed E-state index contributed by atoms with van der Waals surface area (Å²) < 4.78 is 0. The first-order chi connectivity index (χ1) is 6.36. The van der Waals surface area contributed by atoms with Crippen LogP contribution < -0.4 is 5.32 Å². The molecule has 0 aromatic heterocycles. The maximum Gasteiger partial charge on any atom is 0.220 e. The van der Waals surface area contributed by atoms with Crippen molar-refractivity contribution in [1.29, 1.82) is 0 Å². The maximum atomic E-state index is 10.9. The Morgan fingerprint density at radius 3 is 2.62 bits per heavy atom. The van der Waals surface area contributed by atoms with Gasteiger partial charge >= 0.3 is 0 Å². The highest BCUT2D eigenvalue weighted by atomic mass is 16.1. The number of nitrogens with one attached hydrogen (secondary N) is 1. The third-order valence-electron chi connectivity index (χ3n) is 2.54. The number of hydrogen-bond acceptors (Lipinski definition) is 1. The number of hydrogen-bond donors (Lipinski definition) is 1. The number of benzene rings is 1. The first-order valence-corrected chi connectivity index (χ1v) is 4.68. The van der Waals surface area contributed by atoms with E-state index in [4.69, 9.17) is 0 Å². The van der Waals surface area contributed by atoms with E-state index in [-0.39, 0.29) is 5.91 Å². The van der Waals surface area contributed by atoms with E-state index in [1.54, 1.807) is 0 Å². The van der Waals surface area contributed by atoms with Gasteiger partial charge in [0.2, 0.25) is 5.91 Å². The van der Waals surface area contributed by atoms with Crippen molar-refractivity contribution in [3.63, 3.8) is 0 Å². The lowest BCUT2D eigenvalue weighted by molar-refractivity contribution is -0.122. The number of carbonyl (C=O) groups is 1. The zero-order chi connectivity index (χ0) is 9.10. The maximum absolute atomic E-state index is 10.9. The molecule has 68 valence electrons. The van der Waals surface area contributed by atoms with E-state index in [9.17, 15) is 4.79 Å². The van der Waals surface area contributed by atoms with Gasteiger partial charge in [-0.2, -0.15) is 0 Å². The summed E-state index contributed by atoms with van der Waals surface area (Å²) in [6.45, 7) is 0.794. The van der Waals surface area contributed by atoms with Crippen molar-refractivity contribution in [3.8, 4) is 0 Å². The molecule has 0 aliphatic carbocycles. The minimum Gasteiger partial charge on any atom is -0.355 e. The largest absolute Gasteiger partial charge is 0.355 e. The molecule has 1 amide bonds. The van der Waals surface area contributed by atoms with Crippen LogP contribution in [0, 0.1) is 0 Å². The third kappa shape index (κ3) is 1.89. The van der Waals surface area contributed by atoms with Crippen LogP contribution in [0.2, 0.25) is 0 Å². The summed E-state index contributed by atoms with van der Waals surface area (Å²) in [5.74, 6) is 0.700. The van der Waals surface area contributed by atoms with Gasteiger partial charge in [-0.3, -0.25) is 4.79 Å². The van der Waals surface area contributed by atoms with E-state index in [1.165, 1.54) is 5.56 Å². The molecule has 1 heterocycles. The highest BCUT2D eigenvalue weighted by Gasteiger charge is 2.18. The molecule has 1 N–H and O–H groups in total. The van der Waals surface area contributed by atoms with Gasteiger partial charge < -0.3 is 5.32 Å². The third-order valence-corrected chi connectivity index (χ3v) is 2.54. The molecule has 1 aromatic carbocycles. The Balaban J connectivity index is 2.07. The fraction of sp³-hybridized carbons (Fsp3) is 0.364. The summed E-state index contributed by atoms with van der Waals surface area (Å²) >= 11 is 0. The molecular formula is C11H13NO. The number of piperidine rings is 1. The molecule has 1 aliphatic heterocycles. The summed E-state index contributed by atoms with van der Waals surface area (Å²) in [5, 5.41) is 2.89. The van der Waals surface area contributed by atoms with Crippen LogP contribution in [-0.4, -0.2) is 12.5 Å². The fourth-order valence-electron chi connectivity index (χ4n) is 1.74. The minimum atomic E-state index is 0.187. The molecule has 2 nitrogen and oxygen atoms in total. The molecular weight excluding hydrogens is 162 g/mol. The van der Waals surface area contributed by atoms with Crippen LogP contribution in [0.15, 0.2) is 30.3 Å². The summed E-state index contributed by atoms with van der Waals surface area (Å²) in [7, 11) is 0. The van der Waals surface area contributed by atoms with Crippen LogP contribution in [0.5, 0.6) is 0 Å². The highest BCUT2D eigenvalue weighted by Crippen LogP contribution is 2.22. The van der Waals surface area contributed by atoms with Crippen molar-refractivity contribution in [1.82, 2.24) is 5.32 Å². The molecule has 0 bridgehead atoms. The molecule has 2 rings (SSSR count). The van der Waals surface area contributed by atoms with Crippen LogP contribution in [0.4, 0.5) is 0 Å². The molecule has 0 spiro atoms. The molecule has 1 atom stereocenters. The van der Waals surface area contributed by atoms with Crippen molar-refractivity contribution in [2.24, 2.45) is 0 Å². The SMILES string of the molecule is O=C1CC[C@H](c2ccccc2)CN1. The number of amides is 1. The average molecular weight is 175 g/mol. The van der Waals surface area contributed by atoms with Crippen LogP contribution in [0.3, 0.4) is 0 Å². The number of rotatable bonds is 1. The second kappa shape index (κ2) is 3.60. The Bertz CT molecular complexity index is 284. The molecule has 0 radical (unpaired) electrons. The summed E-state index contributed by atoms with van der Waals surface area (Å²) in [6, 6.07) is 10.4. The summed E-state index contributed by atoms with van der Waals surface area (Å²) in [5.41, 5.74) is 1.34. The smallest absolute Gasteiger partial charge is 0.220 e. The monoisotopic (exact) mass is 175 g/mol. The van der Waals surface area contributed by atoms with Crippen molar-refractivity contribution in [2.45, 2.75) is 18.8 Å². The van der Waals surface area contributed by atoms with Gasteiger partial charge in [-0.1, -0.05) is 30.3 Å². The van der Waals surface area contributed by atoms with Gasteiger partial charge in [-0.15, -0.1) is 0 Å². The van der Waals surface area contributed by atoms with Gasteiger partial charge in [-0.05, 0) is 12.0 Å². The predicted molar refractivity (Wildman–Crippen MR) is 51.4 cm³/mol. The lowest BCUT2D eigenvalue weighted by atomic mass is 9.92. The Labute approximate surface area is 78.0 Å². The fourth-order valence-corrected chi connectivity index (χ4v) is 1.74. The van der Waals surface area contributed by atoms with Crippen molar-refractivity contribution < 1.29 is 4.79 Å². The van der Waals surface area contributed by atoms with Crippen LogP contribution in [-0.2, 0) is 4.79 Å². The van der Waals surface area contributed by atoms with E-state index in [1.807, 2.05) is 18.2 Å². The zero-order valence-electron chi connectivity index (χ0n) is 7.49. The van der Waals surface area contributed by atoms with E-state index in [0.717, 1.165) is 13.0 Å². The van der Waals surface area contributed by atoms with E-state index in [0.29, 0.717) is 12.3 Å². The molecule has 1 aliphatic rings. The molecule has 1 saturated heterocycles. The Hall–Kier alpha value is -1.31. The predicted octanol–water partition coefficient (Wildman–Crippen LogP) is 1.68. The Morgan fingerprint density at radius 1 is 1.23 bits per heavy atom. The first-order valence-electron chi connectivity index (χ1n) is 4.68. The zero-order valence-corrected chi connectivity index (χ0v) is 7.49. The molecule has 0 unspecified atom stereocenters. The van der Waals surface area contributed by atoms with Crippen molar-refractivity contribution in [2.75, 3.05) is 6.54 Å². The van der Waals surface area contributed by atoms with E-state index >= 15 is 0 Å². The van der Waals surface area contributed by atoms with E-state index in [2.05, 4.69) is 17.4 Å². The van der Waals surface area contributed by atoms with Gasteiger partial charge in [-0.25, -0.2) is 0 Å². The summed E-state index contributed by atoms with van der Waals surface area (Å²) in [4.78, 5) is 10.9. The lowest BCUT2D eigenvalue weighted by Gasteiger charge is -2.22. The molecule has 2 heteroatoms. The summed E-state index contributed by atoms with van der Waals surface area (Å²) in [6.07, 6.45) is 1.65. The Kier molecular flexibility index (Phi) is 2.30. The average Bonchev–Trinajstić information content (AvgIpc) is 2.20. The lowest BCUT2D eigenvalue weighted by Crippen LogP contribution is -2.33. The quantitative estimate of drug-likeness (QED) is 0.691. The standard InChI is InChI=1S/C11H13NO/c13-11-7-6-10(8-12-11)9-4-2-1-3-5-9/h1-5,10H,6-8H2,(H,12,13)/t10-/m0/s1.